The minimum Gasteiger partial charge on any atom is -0.377 e. The number of carbonyl (C=O) groups is 1. The smallest absolute Gasteiger partial charge is 0.377 e. The quantitative estimate of drug-likeness (QED) is 0.331. The van der Waals surface area contributed by atoms with E-state index in [1.54, 1.807) is 6.20 Å². The number of morpholine rings is 1. The monoisotopic (exact) mass is 690 g/mol. The van der Waals surface area contributed by atoms with Crippen LogP contribution in [0.15, 0.2) is 24.5 Å². The van der Waals surface area contributed by atoms with Crippen molar-refractivity contribution in [1.82, 2.24) is 28.8 Å². The van der Waals surface area contributed by atoms with Gasteiger partial charge < -0.3 is 13.8 Å². The van der Waals surface area contributed by atoms with Gasteiger partial charge in [-0.3, -0.25) is 9.80 Å². The Bertz CT molecular complexity index is 1850. The molecule has 0 aliphatic carbocycles. The van der Waals surface area contributed by atoms with Gasteiger partial charge in [0.05, 0.1) is 42.9 Å². The van der Waals surface area contributed by atoms with Crippen LogP contribution in [0.5, 0.6) is 0 Å². The maximum absolute atomic E-state index is 14.5. The highest BCUT2D eigenvalue weighted by Crippen LogP contribution is 2.38. The van der Waals surface area contributed by atoms with Gasteiger partial charge in [0.15, 0.2) is 11.6 Å². The van der Waals surface area contributed by atoms with Gasteiger partial charge >= 0.3 is 22.4 Å². The third-order valence-corrected chi connectivity index (χ3v) is 9.37. The topological polar surface area (TPSA) is 160 Å². The van der Waals surface area contributed by atoms with Crippen molar-refractivity contribution in [2.75, 3.05) is 75.3 Å². The summed E-state index contributed by atoms with van der Waals surface area (Å²) in [6, 6.07) is 2.30. The van der Waals surface area contributed by atoms with E-state index >= 15 is 0 Å². The Kier molecular flexibility index (Phi) is 9.21. The summed E-state index contributed by atoms with van der Waals surface area (Å²) in [4.78, 5) is 25.3. The molecule has 1 unspecified atom stereocenters. The molecule has 2 aliphatic rings. The van der Waals surface area contributed by atoms with Crippen molar-refractivity contribution in [2.45, 2.75) is 25.7 Å². The Balaban J connectivity index is 1.55. The summed E-state index contributed by atoms with van der Waals surface area (Å²) in [6.45, 7) is 5.24. The summed E-state index contributed by atoms with van der Waals surface area (Å²) in [5.74, 6) is -0.398. The fraction of sp³-hybridized carbons (Fsp3) is 0.538. The second-order valence-corrected chi connectivity index (χ2v) is 14.7. The average Bonchev–Trinajstić information content (AvgIpc) is 3.37. The highest BCUT2D eigenvalue weighted by atomic mass is 32.2. The predicted molar refractivity (Wildman–Crippen MR) is 160 cm³/mol. The van der Waals surface area contributed by atoms with Crippen LogP contribution in [0.4, 0.5) is 29.6 Å². The summed E-state index contributed by atoms with van der Waals surface area (Å²) >= 11 is 0. The molecule has 0 saturated carbocycles. The molecule has 3 aromatic rings. The summed E-state index contributed by atoms with van der Waals surface area (Å²) in [5.41, 5.74) is -0.300. The number of fused-ring (bicyclic) bond motifs is 1. The zero-order valence-electron chi connectivity index (χ0n) is 25.4. The minimum atomic E-state index is -4.94. The van der Waals surface area contributed by atoms with E-state index in [1.807, 2.05) is 17.9 Å². The molecule has 20 heteroatoms. The third-order valence-electron chi connectivity index (χ3n) is 7.62. The molecule has 5 rings (SSSR count). The van der Waals surface area contributed by atoms with Crippen LogP contribution in [-0.4, -0.2) is 123 Å². The molecule has 1 atom stereocenters. The normalized spacial score (nSPS) is 19.0. The number of aromatic nitrogens is 4. The van der Waals surface area contributed by atoms with Crippen molar-refractivity contribution < 1.29 is 43.7 Å². The third kappa shape index (κ3) is 7.51. The zero-order chi connectivity index (χ0) is 33.6. The molecule has 2 fully saturated rings. The Morgan fingerprint density at radius 2 is 1.80 bits per heavy atom. The Morgan fingerprint density at radius 1 is 1.11 bits per heavy atom. The number of halogens is 3. The summed E-state index contributed by atoms with van der Waals surface area (Å²) in [5, 5.41) is 4.43. The van der Waals surface area contributed by atoms with E-state index in [0.717, 1.165) is 18.8 Å². The number of rotatable bonds is 7. The van der Waals surface area contributed by atoms with Crippen molar-refractivity contribution in [1.29, 1.82) is 0 Å². The molecule has 1 amide bonds. The molecule has 0 aromatic carbocycles. The van der Waals surface area contributed by atoms with E-state index in [-0.39, 0.29) is 11.9 Å². The second-order valence-electron chi connectivity index (χ2n) is 11.2. The highest BCUT2D eigenvalue weighted by molar-refractivity contribution is 7.88. The van der Waals surface area contributed by atoms with E-state index in [2.05, 4.69) is 24.1 Å². The Morgan fingerprint density at radius 3 is 2.41 bits per heavy atom. The number of piperazine rings is 1. The van der Waals surface area contributed by atoms with Crippen LogP contribution in [-0.2, 0) is 41.8 Å². The van der Waals surface area contributed by atoms with Crippen LogP contribution in [0.25, 0.3) is 16.9 Å². The van der Waals surface area contributed by atoms with E-state index in [9.17, 15) is 34.8 Å². The number of amides is 1. The molecule has 2 aliphatic heterocycles. The number of ether oxygens (including phenoxy) is 1. The van der Waals surface area contributed by atoms with Crippen molar-refractivity contribution >= 4 is 43.4 Å². The molecule has 0 N–H and O–H groups in total. The van der Waals surface area contributed by atoms with Crippen LogP contribution in [0.3, 0.4) is 0 Å². The van der Waals surface area contributed by atoms with Crippen LogP contribution in [0, 0.1) is 0 Å². The largest absolute Gasteiger partial charge is 0.430 e. The predicted octanol–water partition coefficient (Wildman–Crippen LogP) is 1.64. The maximum Gasteiger partial charge on any atom is 0.430 e. The van der Waals surface area contributed by atoms with Gasteiger partial charge in [-0.25, -0.2) is 27.7 Å². The fourth-order valence-corrected chi connectivity index (χ4v) is 6.49. The van der Waals surface area contributed by atoms with Gasteiger partial charge in [-0.05, 0) is 24.6 Å². The zero-order valence-corrected chi connectivity index (χ0v) is 27.1. The first-order chi connectivity index (χ1) is 21.4. The lowest BCUT2D eigenvalue weighted by atomic mass is 10.1. The Labute approximate surface area is 263 Å². The van der Waals surface area contributed by atoms with E-state index in [4.69, 9.17) is 4.74 Å². The molecule has 3 aromatic heterocycles. The van der Waals surface area contributed by atoms with E-state index in [1.165, 1.54) is 15.1 Å². The molecule has 46 heavy (non-hydrogen) atoms. The second kappa shape index (κ2) is 12.5. The van der Waals surface area contributed by atoms with Crippen LogP contribution >= 0.6 is 0 Å². The number of sulfonamides is 1. The molecule has 0 radical (unpaired) electrons. The van der Waals surface area contributed by atoms with Crippen LogP contribution < -0.4 is 9.80 Å². The molecule has 0 spiro atoms. The lowest BCUT2D eigenvalue weighted by Gasteiger charge is -2.34. The molecule has 2 saturated heterocycles. The van der Waals surface area contributed by atoms with Gasteiger partial charge in [0.25, 0.3) is 0 Å². The van der Waals surface area contributed by atoms with Gasteiger partial charge in [0.1, 0.15) is 11.3 Å². The lowest BCUT2D eigenvalue weighted by molar-refractivity contribution is -0.137. The number of hydrogen-bond acceptors (Lipinski definition) is 12. The maximum atomic E-state index is 14.5. The summed E-state index contributed by atoms with van der Waals surface area (Å²) in [7, 11) is -6.50. The standard InChI is InChI=1S/C26H33F3N8O7S2/c1-17-16-43-10-9-36(17)24-21-11-18(14-34-5-7-35(8-6-34)45(3,39)40)15-37(21)32-23(31-24)19-13-30-22(12-20(19)26(27,28)29)33(2)25(38)44-46(4,41)42/h11-13,15,17H,5-10,14,16H2,1-4H3. The van der Waals surface area contributed by atoms with Gasteiger partial charge in [-0.2, -0.15) is 25.9 Å². The lowest BCUT2D eigenvalue weighted by Crippen LogP contribution is -2.47. The molecule has 15 nitrogen and oxygen atoms in total. The fourth-order valence-electron chi connectivity index (χ4n) is 5.29. The first-order valence-corrected chi connectivity index (χ1v) is 17.7. The van der Waals surface area contributed by atoms with Gasteiger partial charge in [0.2, 0.25) is 10.0 Å². The van der Waals surface area contributed by atoms with Crippen LogP contribution in [0.2, 0.25) is 0 Å². The van der Waals surface area contributed by atoms with Crippen LogP contribution in [0.1, 0.15) is 18.1 Å². The van der Waals surface area contributed by atoms with Crippen molar-refractivity contribution in [3.05, 3.63) is 35.7 Å². The molecular formula is C26H33F3N8O7S2. The molecule has 5 heterocycles. The molecule has 252 valence electrons. The SMILES string of the molecule is CC1COCCN1c1nc(-c2cnc(N(C)C(=O)OS(C)(=O)=O)cc2C(F)(F)F)nn2cc(CN3CCN(S(C)(=O)=O)CC3)cc12. The summed E-state index contributed by atoms with van der Waals surface area (Å²) < 4.78 is 103. The van der Waals surface area contributed by atoms with E-state index < -0.39 is 49.4 Å². The minimum absolute atomic E-state index is 0.153. The number of hydrogen-bond donors (Lipinski definition) is 0. The van der Waals surface area contributed by atoms with E-state index in [0.29, 0.717) is 81.0 Å². The van der Waals surface area contributed by atoms with Gasteiger partial charge in [-0.15, -0.1) is 5.10 Å². The Hall–Kier alpha value is -3.59. The molecule has 0 bridgehead atoms. The van der Waals surface area contributed by atoms with Crippen molar-refractivity contribution in [2.24, 2.45) is 0 Å². The van der Waals surface area contributed by atoms with Gasteiger partial charge in [-0.1, -0.05) is 0 Å². The summed E-state index contributed by atoms with van der Waals surface area (Å²) in [6.07, 6.45) is -2.00. The van der Waals surface area contributed by atoms with Crippen molar-refractivity contribution in [3.8, 4) is 11.4 Å². The number of alkyl halides is 3. The highest BCUT2D eigenvalue weighted by Gasteiger charge is 2.37. The molecular weight excluding hydrogens is 657 g/mol. The average molecular weight is 691 g/mol. The van der Waals surface area contributed by atoms with Gasteiger partial charge in [0, 0.05) is 58.7 Å². The number of nitrogens with zero attached hydrogens (tertiary/aromatic N) is 8. The number of anilines is 2. The number of pyridine rings is 1. The first-order valence-electron chi connectivity index (χ1n) is 14.1. The van der Waals surface area contributed by atoms with Crippen molar-refractivity contribution in [3.63, 3.8) is 0 Å². The first kappa shape index (κ1) is 33.8. The number of carbonyl (C=O) groups excluding carboxylic acids is 1.